The SMILES string of the molecule is COc1ccc(NC(=O)c2ccc(NCC(=O)Nc3cc(C)c(Cl)cc3OC)cc2)cc1. The van der Waals surface area contributed by atoms with Gasteiger partial charge in [-0.25, -0.2) is 0 Å². The molecule has 0 bridgehead atoms. The third-order valence-corrected chi connectivity index (χ3v) is 5.11. The molecule has 0 saturated heterocycles. The molecular formula is C24H24ClN3O4. The molecular weight excluding hydrogens is 430 g/mol. The molecule has 0 atom stereocenters. The largest absolute Gasteiger partial charge is 0.497 e. The van der Waals surface area contributed by atoms with Crippen LogP contribution in [0, 0.1) is 6.92 Å². The molecule has 3 aromatic rings. The topological polar surface area (TPSA) is 88.7 Å². The second-order valence-electron chi connectivity index (χ2n) is 6.96. The van der Waals surface area contributed by atoms with E-state index in [1.54, 1.807) is 67.8 Å². The number of methoxy groups -OCH3 is 2. The van der Waals surface area contributed by atoms with Crippen molar-refractivity contribution in [2.45, 2.75) is 6.92 Å². The molecule has 0 spiro atoms. The molecule has 0 heterocycles. The zero-order chi connectivity index (χ0) is 23.1. The Balaban J connectivity index is 1.54. The summed E-state index contributed by atoms with van der Waals surface area (Å²) < 4.78 is 10.4. The van der Waals surface area contributed by atoms with E-state index in [4.69, 9.17) is 21.1 Å². The smallest absolute Gasteiger partial charge is 0.255 e. The number of ether oxygens (including phenoxy) is 2. The molecule has 7 nitrogen and oxygen atoms in total. The summed E-state index contributed by atoms with van der Waals surface area (Å²) in [4.78, 5) is 24.8. The third-order valence-electron chi connectivity index (χ3n) is 4.70. The summed E-state index contributed by atoms with van der Waals surface area (Å²) in [6.45, 7) is 1.89. The van der Waals surface area contributed by atoms with Crippen molar-refractivity contribution in [3.05, 3.63) is 76.8 Å². The van der Waals surface area contributed by atoms with Gasteiger partial charge in [0.15, 0.2) is 0 Å². The van der Waals surface area contributed by atoms with Gasteiger partial charge < -0.3 is 25.4 Å². The van der Waals surface area contributed by atoms with Crippen molar-refractivity contribution in [3.8, 4) is 11.5 Å². The standard InChI is InChI=1S/C24H24ClN3O4/c1-15-12-21(22(32-3)13-20(15)25)28-23(29)14-26-17-6-4-16(5-7-17)24(30)27-18-8-10-19(31-2)11-9-18/h4-13,26H,14H2,1-3H3,(H,27,30)(H,28,29). The number of carbonyl (C=O) groups is 2. The van der Waals surface area contributed by atoms with Crippen molar-refractivity contribution >= 4 is 40.5 Å². The summed E-state index contributed by atoms with van der Waals surface area (Å²) in [5.41, 5.74) is 3.26. The molecule has 0 aromatic heterocycles. The zero-order valence-electron chi connectivity index (χ0n) is 18.0. The van der Waals surface area contributed by atoms with Crippen LogP contribution < -0.4 is 25.4 Å². The van der Waals surface area contributed by atoms with Gasteiger partial charge in [-0.1, -0.05) is 11.6 Å². The van der Waals surface area contributed by atoms with E-state index in [-0.39, 0.29) is 18.4 Å². The number of benzene rings is 3. The van der Waals surface area contributed by atoms with Gasteiger partial charge in [0.05, 0.1) is 26.5 Å². The summed E-state index contributed by atoms with van der Waals surface area (Å²) in [6.07, 6.45) is 0. The highest BCUT2D eigenvalue weighted by Crippen LogP contribution is 2.30. The number of aryl methyl sites for hydroxylation is 1. The van der Waals surface area contributed by atoms with E-state index >= 15 is 0 Å². The van der Waals surface area contributed by atoms with Gasteiger partial charge in [-0.15, -0.1) is 0 Å². The number of halogens is 1. The first-order valence-electron chi connectivity index (χ1n) is 9.83. The van der Waals surface area contributed by atoms with Gasteiger partial charge in [0, 0.05) is 28.0 Å². The number of hydrogen-bond donors (Lipinski definition) is 3. The molecule has 32 heavy (non-hydrogen) atoms. The number of hydrogen-bond acceptors (Lipinski definition) is 5. The number of rotatable bonds is 8. The van der Waals surface area contributed by atoms with Crippen LogP contribution in [0.1, 0.15) is 15.9 Å². The second kappa shape index (κ2) is 10.5. The molecule has 3 N–H and O–H groups in total. The average molecular weight is 454 g/mol. The van der Waals surface area contributed by atoms with Crippen LogP contribution in [0.2, 0.25) is 5.02 Å². The highest BCUT2D eigenvalue weighted by molar-refractivity contribution is 6.31. The average Bonchev–Trinajstić information content (AvgIpc) is 2.80. The molecule has 3 rings (SSSR count). The minimum absolute atomic E-state index is 0.0439. The highest BCUT2D eigenvalue weighted by Gasteiger charge is 2.11. The van der Waals surface area contributed by atoms with Crippen molar-refractivity contribution in [3.63, 3.8) is 0 Å². The number of carbonyl (C=O) groups excluding carboxylic acids is 2. The monoisotopic (exact) mass is 453 g/mol. The highest BCUT2D eigenvalue weighted by atomic mass is 35.5. The fourth-order valence-electron chi connectivity index (χ4n) is 2.92. The van der Waals surface area contributed by atoms with Crippen LogP contribution >= 0.6 is 11.6 Å². The minimum atomic E-state index is -0.244. The molecule has 8 heteroatoms. The Bertz CT molecular complexity index is 1100. The number of anilines is 3. The minimum Gasteiger partial charge on any atom is -0.497 e. The van der Waals surface area contributed by atoms with E-state index in [2.05, 4.69) is 16.0 Å². The molecule has 3 aromatic carbocycles. The van der Waals surface area contributed by atoms with Gasteiger partial charge >= 0.3 is 0 Å². The third kappa shape index (κ3) is 5.92. The Hall–Kier alpha value is -3.71. The predicted octanol–water partition coefficient (Wildman–Crippen LogP) is 4.97. The van der Waals surface area contributed by atoms with E-state index in [9.17, 15) is 9.59 Å². The fourth-order valence-corrected chi connectivity index (χ4v) is 3.08. The van der Waals surface area contributed by atoms with Crippen molar-refractivity contribution in [2.75, 3.05) is 36.7 Å². The predicted molar refractivity (Wildman–Crippen MR) is 127 cm³/mol. The normalized spacial score (nSPS) is 10.2. The van der Waals surface area contributed by atoms with Crippen LogP contribution in [-0.4, -0.2) is 32.6 Å². The molecule has 0 saturated carbocycles. The summed E-state index contributed by atoms with van der Waals surface area (Å²) in [7, 11) is 3.10. The maximum Gasteiger partial charge on any atom is 0.255 e. The van der Waals surface area contributed by atoms with Gasteiger partial charge in [0.1, 0.15) is 11.5 Å². The Kier molecular flexibility index (Phi) is 7.57. The maximum atomic E-state index is 12.4. The van der Waals surface area contributed by atoms with E-state index in [1.807, 2.05) is 6.92 Å². The maximum absolute atomic E-state index is 12.4. The lowest BCUT2D eigenvalue weighted by Gasteiger charge is -2.13. The molecule has 0 aliphatic rings. The Morgan fingerprint density at radius 1 is 0.875 bits per heavy atom. The van der Waals surface area contributed by atoms with Crippen molar-refractivity contribution in [1.82, 2.24) is 0 Å². The van der Waals surface area contributed by atoms with Crippen LogP contribution in [0.25, 0.3) is 0 Å². The van der Waals surface area contributed by atoms with Gasteiger partial charge in [-0.2, -0.15) is 0 Å². The Morgan fingerprint density at radius 3 is 2.16 bits per heavy atom. The van der Waals surface area contributed by atoms with Crippen LogP contribution in [0.3, 0.4) is 0 Å². The van der Waals surface area contributed by atoms with Gasteiger partial charge in [0.25, 0.3) is 5.91 Å². The van der Waals surface area contributed by atoms with E-state index in [0.29, 0.717) is 39.1 Å². The lowest BCUT2D eigenvalue weighted by atomic mass is 10.2. The molecule has 2 amide bonds. The molecule has 0 aliphatic carbocycles. The molecule has 0 radical (unpaired) electrons. The first-order chi connectivity index (χ1) is 15.4. The fraction of sp³-hybridized carbons (Fsp3) is 0.167. The van der Waals surface area contributed by atoms with E-state index < -0.39 is 0 Å². The van der Waals surface area contributed by atoms with Crippen LogP contribution in [0.5, 0.6) is 11.5 Å². The van der Waals surface area contributed by atoms with E-state index in [0.717, 1.165) is 5.56 Å². The second-order valence-corrected chi connectivity index (χ2v) is 7.37. The summed E-state index contributed by atoms with van der Waals surface area (Å²) in [5.74, 6) is 0.726. The molecule has 0 aliphatic heterocycles. The van der Waals surface area contributed by atoms with Crippen LogP contribution in [0.15, 0.2) is 60.7 Å². The van der Waals surface area contributed by atoms with Crippen LogP contribution in [0.4, 0.5) is 17.1 Å². The lowest BCUT2D eigenvalue weighted by molar-refractivity contribution is -0.114. The molecule has 0 unspecified atom stereocenters. The zero-order valence-corrected chi connectivity index (χ0v) is 18.7. The summed E-state index contributed by atoms with van der Waals surface area (Å²) >= 11 is 6.10. The molecule has 166 valence electrons. The Labute approximate surface area is 191 Å². The van der Waals surface area contributed by atoms with Gasteiger partial charge in [0.2, 0.25) is 5.91 Å². The van der Waals surface area contributed by atoms with Crippen LogP contribution in [-0.2, 0) is 4.79 Å². The van der Waals surface area contributed by atoms with Gasteiger partial charge in [-0.3, -0.25) is 9.59 Å². The summed E-state index contributed by atoms with van der Waals surface area (Å²) in [6, 6.07) is 17.3. The first-order valence-corrected chi connectivity index (χ1v) is 10.2. The quantitative estimate of drug-likeness (QED) is 0.448. The van der Waals surface area contributed by atoms with Gasteiger partial charge in [-0.05, 0) is 67.1 Å². The van der Waals surface area contributed by atoms with Crippen molar-refractivity contribution < 1.29 is 19.1 Å². The van der Waals surface area contributed by atoms with Crippen molar-refractivity contribution in [2.24, 2.45) is 0 Å². The lowest BCUT2D eigenvalue weighted by Crippen LogP contribution is -2.22. The molecule has 0 fully saturated rings. The summed E-state index contributed by atoms with van der Waals surface area (Å²) in [5, 5.41) is 9.23. The number of amides is 2. The first kappa shape index (κ1) is 23.0. The number of nitrogens with one attached hydrogen (secondary N) is 3. The Morgan fingerprint density at radius 2 is 1.53 bits per heavy atom. The van der Waals surface area contributed by atoms with Crippen molar-refractivity contribution in [1.29, 1.82) is 0 Å². The van der Waals surface area contributed by atoms with E-state index in [1.165, 1.54) is 7.11 Å².